The van der Waals surface area contributed by atoms with Gasteiger partial charge in [-0.3, -0.25) is 0 Å². The smallest absolute Gasteiger partial charge is 0.00425 e. The van der Waals surface area contributed by atoms with E-state index < -0.39 is 0 Å². The van der Waals surface area contributed by atoms with Crippen molar-refractivity contribution in [1.82, 2.24) is 0 Å². The molecular weight excluding hydrogens is 268 g/mol. The van der Waals surface area contributed by atoms with Gasteiger partial charge < -0.3 is 0 Å². The van der Waals surface area contributed by atoms with Crippen molar-refractivity contribution in [3.8, 4) is 0 Å². The molecule has 0 aliphatic heterocycles. The second-order valence-corrected chi connectivity index (χ2v) is 5.48. The SMILES string of the molecule is BrSCCCCC/C=C/c1ccccc1. The molecule has 0 atom stereocenters. The maximum absolute atomic E-state index is 3.37. The molecule has 1 aromatic carbocycles. The van der Waals surface area contributed by atoms with Gasteiger partial charge >= 0.3 is 0 Å². The zero-order chi connectivity index (χ0) is 10.8. The maximum Gasteiger partial charge on any atom is 0.00425 e. The van der Waals surface area contributed by atoms with Crippen LogP contribution in [0.15, 0.2) is 36.4 Å². The quantitative estimate of drug-likeness (QED) is 0.612. The fourth-order valence-corrected chi connectivity index (χ4v) is 2.38. The van der Waals surface area contributed by atoms with Crippen LogP contribution in [0, 0.1) is 0 Å². The highest BCUT2D eigenvalue weighted by Crippen LogP contribution is 2.13. The van der Waals surface area contributed by atoms with E-state index in [0.717, 1.165) is 0 Å². The summed E-state index contributed by atoms with van der Waals surface area (Å²) in [7, 11) is 1.76. The molecule has 0 N–H and O–H groups in total. The van der Waals surface area contributed by atoms with Crippen molar-refractivity contribution >= 4 is 31.1 Å². The monoisotopic (exact) mass is 284 g/mol. The number of allylic oxidation sites excluding steroid dienone is 1. The first-order chi connectivity index (χ1) is 7.43. The summed E-state index contributed by atoms with van der Waals surface area (Å²) in [6.07, 6.45) is 9.63. The van der Waals surface area contributed by atoms with Crippen molar-refractivity contribution in [3.63, 3.8) is 0 Å². The van der Waals surface area contributed by atoms with E-state index in [-0.39, 0.29) is 0 Å². The molecule has 0 bridgehead atoms. The molecule has 82 valence electrons. The van der Waals surface area contributed by atoms with E-state index >= 15 is 0 Å². The van der Waals surface area contributed by atoms with E-state index in [1.165, 1.54) is 37.0 Å². The van der Waals surface area contributed by atoms with E-state index in [9.17, 15) is 0 Å². The summed E-state index contributed by atoms with van der Waals surface area (Å²) in [4.78, 5) is 0. The molecule has 0 spiro atoms. The Bertz CT molecular complexity index is 269. The highest BCUT2D eigenvalue weighted by molar-refractivity contribution is 9.50. The Hall–Kier alpha value is -0.210. The largest absolute Gasteiger partial charge is 0.0839 e. The van der Waals surface area contributed by atoms with Gasteiger partial charge in [-0.05, 0) is 39.6 Å². The van der Waals surface area contributed by atoms with Crippen LogP contribution in [0.4, 0.5) is 0 Å². The zero-order valence-electron chi connectivity index (χ0n) is 8.86. The van der Waals surface area contributed by atoms with Gasteiger partial charge in [0.15, 0.2) is 0 Å². The predicted molar refractivity (Wildman–Crippen MR) is 75.3 cm³/mol. The number of halogens is 1. The van der Waals surface area contributed by atoms with Gasteiger partial charge in [0.05, 0.1) is 0 Å². The standard InChI is InChI=1S/C13H17BrS/c14-15-12-8-3-1-2-5-9-13-10-6-4-7-11-13/h4-7,9-11H,1-3,8,12H2/b9-5+. The molecule has 0 heterocycles. The van der Waals surface area contributed by atoms with Gasteiger partial charge in [0.25, 0.3) is 0 Å². The molecule has 0 aliphatic carbocycles. The van der Waals surface area contributed by atoms with Crippen LogP contribution in [0.3, 0.4) is 0 Å². The second kappa shape index (κ2) is 9.05. The van der Waals surface area contributed by atoms with Gasteiger partial charge in [0, 0.05) is 5.75 Å². The molecule has 0 aromatic heterocycles. The van der Waals surface area contributed by atoms with Crippen LogP contribution in [0.1, 0.15) is 31.2 Å². The minimum Gasteiger partial charge on any atom is -0.0839 e. The topological polar surface area (TPSA) is 0 Å². The Labute approximate surface area is 104 Å². The van der Waals surface area contributed by atoms with Crippen molar-refractivity contribution in [2.75, 3.05) is 5.75 Å². The molecule has 15 heavy (non-hydrogen) atoms. The summed E-state index contributed by atoms with van der Waals surface area (Å²) in [5.41, 5.74) is 1.30. The van der Waals surface area contributed by atoms with E-state index in [0.29, 0.717) is 0 Å². The third kappa shape index (κ3) is 6.80. The lowest BCUT2D eigenvalue weighted by molar-refractivity contribution is 0.736. The summed E-state index contributed by atoms with van der Waals surface area (Å²) in [5.74, 6) is 1.22. The first kappa shape index (κ1) is 12.9. The second-order valence-electron chi connectivity index (χ2n) is 3.48. The van der Waals surface area contributed by atoms with E-state index in [1.54, 1.807) is 10.2 Å². The Kier molecular flexibility index (Phi) is 7.76. The van der Waals surface area contributed by atoms with Gasteiger partial charge in [-0.15, -0.1) is 0 Å². The van der Waals surface area contributed by atoms with Crippen LogP contribution in [-0.4, -0.2) is 5.75 Å². The number of unbranched alkanes of at least 4 members (excludes halogenated alkanes) is 3. The summed E-state index contributed by atoms with van der Waals surface area (Å²) >= 11 is 3.37. The summed E-state index contributed by atoms with van der Waals surface area (Å²) in [5, 5.41) is 0. The zero-order valence-corrected chi connectivity index (χ0v) is 11.3. The Morgan fingerprint density at radius 1 is 1.07 bits per heavy atom. The van der Waals surface area contributed by atoms with Crippen LogP contribution in [-0.2, 0) is 0 Å². The Morgan fingerprint density at radius 2 is 1.87 bits per heavy atom. The van der Waals surface area contributed by atoms with Crippen molar-refractivity contribution < 1.29 is 0 Å². The van der Waals surface area contributed by atoms with Gasteiger partial charge in [-0.2, -0.15) is 0 Å². The molecule has 0 radical (unpaired) electrons. The molecule has 0 amide bonds. The lowest BCUT2D eigenvalue weighted by Crippen LogP contribution is -1.77. The molecular formula is C13H17BrS. The fourth-order valence-electron chi connectivity index (χ4n) is 1.38. The molecule has 0 nitrogen and oxygen atoms in total. The molecule has 1 rings (SSSR count). The molecule has 0 fully saturated rings. The Morgan fingerprint density at radius 3 is 2.60 bits per heavy atom. The molecule has 0 saturated carbocycles. The third-order valence-corrected chi connectivity index (χ3v) is 3.62. The predicted octanol–water partition coefficient (Wildman–Crippen LogP) is 5.30. The van der Waals surface area contributed by atoms with E-state index in [4.69, 9.17) is 0 Å². The Balaban J connectivity index is 2.07. The fraction of sp³-hybridized carbons (Fsp3) is 0.385. The average molecular weight is 285 g/mol. The van der Waals surface area contributed by atoms with Crippen molar-refractivity contribution in [2.45, 2.75) is 25.7 Å². The van der Waals surface area contributed by atoms with Crippen molar-refractivity contribution in [1.29, 1.82) is 0 Å². The highest BCUT2D eigenvalue weighted by Gasteiger charge is 1.87. The number of benzene rings is 1. The lowest BCUT2D eigenvalue weighted by atomic mass is 10.1. The van der Waals surface area contributed by atoms with E-state index in [2.05, 4.69) is 57.3 Å². The van der Waals surface area contributed by atoms with Gasteiger partial charge in [-0.1, -0.05) is 59.1 Å². The number of hydrogen-bond acceptors (Lipinski definition) is 1. The van der Waals surface area contributed by atoms with Crippen LogP contribution < -0.4 is 0 Å². The van der Waals surface area contributed by atoms with Crippen LogP contribution in [0.2, 0.25) is 0 Å². The summed E-state index contributed by atoms with van der Waals surface area (Å²) < 4.78 is 0. The van der Waals surface area contributed by atoms with Crippen molar-refractivity contribution in [2.24, 2.45) is 0 Å². The van der Waals surface area contributed by atoms with Gasteiger partial charge in [-0.25, -0.2) is 0 Å². The molecule has 0 unspecified atom stereocenters. The lowest BCUT2D eigenvalue weighted by Gasteiger charge is -1.95. The minimum absolute atomic E-state index is 1.20. The van der Waals surface area contributed by atoms with E-state index in [1.807, 2.05) is 0 Å². The summed E-state index contributed by atoms with van der Waals surface area (Å²) in [6, 6.07) is 10.5. The van der Waals surface area contributed by atoms with Crippen LogP contribution >= 0.6 is 25.0 Å². The maximum atomic E-state index is 3.37. The minimum atomic E-state index is 1.20. The van der Waals surface area contributed by atoms with Crippen LogP contribution in [0.5, 0.6) is 0 Å². The normalized spacial score (nSPS) is 11.0. The van der Waals surface area contributed by atoms with Gasteiger partial charge in [0.1, 0.15) is 0 Å². The molecule has 0 aliphatic rings. The first-order valence-electron chi connectivity index (χ1n) is 5.38. The number of rotatable bonds is 7. The molecule has 0 saturated heterocycles. The average Bonchev–Trinajstić information content (AvgIpc) is 2.29. The van der Waals surface area contributed by atoms with Crippen molar-refractivity contribution in [3.05, 3.63) is 42.0 Å². The number of hydrogen-bond donors (Lipinski definition) is 0. The highest BCUT2D eigenvalue weighted by atomic mass is 79.9. The first-order valence-corrected chi connectivity index (χ1v) is 8.21. The third-order valence-electron chi connectivity index (χ3n) is 2.20. The van der Waals surface area contributed by atoms with Crippen LogP contribution in [0.25, 0.3) is 6.08 Å². The van der Waals surface area contributed by atoms with Gasteiger partial charge in [0.2, 0.25) is 0 Å². The molecule has 1 aromatic rings. The summed E-state index contributed by atoms with van der Waals surface area (Å²) in [6.45, 7) is 0. The molecule has 2 heteroatoms.